The van der Waals surface area contributed by atoms with Gasteiger partial charge < -0.3 is 9.84 Å². The number of carboxylic acids is 1. The molecular weight excluding hydrogens is 256 g/mol. The Balaban J connectivity index is 1.45. The van der Waals surface area contributed by atoms with Gasteiger partial charge in [-0.3, -0.25) is 5.10 Å². The number of benzene rings is 1. The number of fused-ring (bicyclic) bond motifs is 3. The van der Waals surface area contributed by atoms with Crippen LogP contribution in [0, 0.1) is 11.8 Å². The molecule has 20 heavy (non-hydrogen) atoms. The summed E-state index contributed by atoms with van der Waals surface area (Å²) in [4.78, 5) is 11.0. The number of hydrogen-bond acceptors (Lipinski definition) is 3. The maximum atomic E-state index is 11.0. The third-order valence-electron chi connectivity index (χ3n) is 4.39. The lowest BCUT2D eigenvalue weighted by atomic mass is 10.1. The van der Waals surface area contributed by atoms with E-state index in [-0.39, 0.29) is 5.69 Å². The lowest BCUT2D eigenvalue weighted by Crippen LogP contribution is -2.06. The second-order valence-electron chi connectivity index (χ2n) is 5.45. The standard InChI is InChI=1S/C15H14N2O3/c18-15(19)14-10-6-9-11(12(9)13(10)16-17-14)7-20-8-4-2-1-3-5-8/h1-5,9,11-12H,6-7H2,(H,16,17)(H,18,19)/t9-,11+,12-/m0/s1. The van der Waals surface area contributed by atoms with Crippen molar-refractivity contribution < 1.29 is 14.6 Å². The molecule has 0 saturated heterocycles. The van der Waals surface area contributed by atoms with Crippen molar-refractivity contribution in [1.29, 1.82) is 0 Å². The van der Waals surface area contributed by atoms with Gasteiger partial charge in [-0.2, -0.15) is 5.10 Å². The molecule has 0 aliphatic heterocycles. The van der Waals surface area contributed by atoms with Crippen molar-refractivity contribution in [2.45, 2.75) is 12.3 Å². The molecular formula is C15H14N2O3. The maximum absolute atomic E-state index is 11.0. The number of H-pyrrole nitrogens is 1. The molecule has 5 nitrogen and oxygen atoms in total. The highest BCUT2D eigenvalue weighted by Gasteiger charge is 2.58. The van der Waals surface area contributed by atoms with E-state index < -0.39 is 5.97 Å². The number of ether oxygens (including phenoxy) is 1. The molecule has 0 amide bonds. The van der Waals surface area contributed by atoms with Gasteiger partial charge in [0.25, 0.3) is 0 Å². The highest BCUT2D eigenvalue weighted by Crippen LogP contribution is 2.61. The van der Waals surface area contributed by atoms with Crippen LogP contribution in [0.3, 0.4) is 0 Å². The zero-order valence-corrected chi connectivity index (χ0v) is 10.7. The van der Waals surface area contributed by atoms with E-state index in [1.807, 2.05) is 30.3 Å². The lowest BCUT2D eigenvalue weighted by molar-refractivity contribution is 0.0689. The average molecular weight is 270 g/mol. The Labute approximate surface area is 115 Å². The van der Waals surface area contributed by atoms with Gasteiger partial charge in [-0.05, 0) is 24.5 Å². The number of aromatic carboxylic acids is 1. The molecule has 5 heteroatoms. The summed E-state index contributed by atoms with van der Waals surface area (Å²) in [5.74, 6) is 1.33. The van der Waals surface area contributed by atoms with E-state index in [1.54, 1.807) is 0 Å². The van der Waals surface area contributed by atoms with E-state index in [0.717, 1.165) is 23.4 Å². The van der Waals surface area contributed by atoms with E-state index in [9.17, 15) is 4.79 Å². The number of nitrogens with one attached hydrogen (secondary N) is 1. The first kappa shape index (κ1) is 11.5. The number of rotatable bonds is 4. The lowest BCUT2D eigenvalue weighted by Gasteiger charge is -2.07. The summed E-state index contributed by atoms with van der Waals surface area (Å²) in [6.07, 6.45) is 0.806. The van der Waals surface area contributed by atoms with Crippen LogP contribution >= 0.6 is 0 Å². The van der Waals surface area contributed by atoms with Gasteiger partial charge in [0.15, 0.2) is 5.69 Å². The zero-order valence-electron chi connectivity index (χ0n) is 10.7. The number of hydrogen-bond donors (Lipinski definition) is 2. The van der Waals surface area contributed by atoms with Gasteiger partial charge in [-0.25, -0.2) is 4.79 Å². The molecule has 0 radical (unpaired) electrons. The molecule has 0 spiro atoms. The number of carbonyl (C=O) groups is 1. The largest absolute Gasteiger partial charge is 0.493 e. The SMILES string of the molecule is O=C(O)c1n[nH]c2c1C[C@H]1[C@@H](COc3ccccc3)[C@@H]21. The highest BCUT2D eigenvalue weighted by atomic mass is 16.5. The predicted molar refractivity (Wildman–Crippen MR) is 70.9 cm³/mol. The Morgan fingerprint density at radius 2 is 2.20 bits per heavy atom. The Hall–Kier alpha value is -2.30. The number of aromatic amines is 1. The summed E-state index contributed by atoms with van der Waals surface area (Å²) in [7, 11) is 0. The van der Waals surface area contributed by atoms with Crippen molar-refractivity contribution in [3.05, 3.63) is 47.3 Å². The molecule has 1 saturated carbocycles. The Bertz CT molecular complexity index is 665. The number of carboxylic acid groups (broad SMARTS) is 1. The van der Waals surface area contributed by atoms with Crippen LogP contribution in [-0.4, -0.2) is 27.9 Å². The van der Waals surface area contributed by atoms with E-state index in [0.29, 0.717) is 24.4 Å². The first-order chi connectivity index (χ1) is 9.75. The number of para-hydroxylation sites is 1. The van der Waals surface area contributed by atoms with Crippen molar-refractivity contribution >= 4 is 5.97 Å². The summed E-state index contributed by atoms with van der Waals surface area (Å²) in [5.41, 5.74) is 2.09. The Morgan fingerprint density at radius 3 is 2.95 bits per heavy atom. The average Bonchev–Trinajstić information content (AvgIpc) is 2.81. The molecule has 3 atom stereocenters. The molecule has 2 N–H and O–H groups in total. The fourth-order valence-corrected chi connectivity index (χ4v) is 3.36. The smallest absolute Gasteiger partial charge is 0.356 e. The molecule has 1 fully saturated rings. The van der Waals surface area contributed by atoms with E-state index >= 15 is 0 Å². The van der Waals surface area contributed by atoms with Crippen LogP contribution in [0.4, 0.5) is 0 Å². The van der Waals surface area contributed by atoms with E-state index in [1.165, 1.54) is 0 Å². The summed E-state index contributed by atoms with van der Waals surface area (Å²) < 4.78 is 5.78. The minimum Gasteiger partial charge on any atom is -0.493 e. The molecule has 0 bridgehead atoms. The van der Waals surface area contributed by atoms with Gasteiger partial charge in [0.05, 0.1) is 6.61 Å². The number of nitrogens with zero attached hydrogens (tertiary/aromatic N) is 1. The van der Waals surface area contributed by atoms with Crippen LogP contribution in [0.15, 0.2) is 30.3 Å². The number of aromatic nitrogens is 2. The van der Waals surface area contributed by atoms with Gasteiger partial charge in [-0.15, -0.1) is 0 Å². The monoisotopic (exact) mass is 270 g/mol. The summed E-state index contributed by atoms with van der Waals surface area (Å²) in [6.45, 7) is 0.681. The quantitative estimate of drug-likeness (QED) is 0.891. The van der Waals surface area contributed by atoms with E-state index in [4.69, 9.17) is 9.84 Å². The molecule has 1 aromatic carbocycles. The van der Waals surface area contributed by atoms with Gasteiger partial charge in [-0.1, -0.05) is 18.2 Å². The fourth-order valence-electron chi connectivity index (χ4n) is 3.36. The maximum Gasteiger partial charge on any atom is 0.356 e. The van der Waals surface area contributed by atoms with Crippen LogP contribution in [0.2, 0.25) is 0 Å². The third kappa shape index (κ3) is 1.62. The molecule has 4 rings (SSSR count). The minimum atomic E-state index is -0.944. The minimum absolute atomic E-state index is 0.190. The van der Waals surface area contributed by atoms with Crippen LogP contribution in [0.25, 0.3) is 0 Å². The van der Waals surface area contributed by atoms with Crippen molar-refractivity contribution in [3.8, 4) is 5.75 Å². The molecule has 2 aliphatic carbocycles. The fraction of sp³-hybridized carbons (Fsp3) is 0.333. The first-order valence-electron chi connectivity index (χ1n) is 6.74. The summed E-state index contributed by atoms with van der Waals surface area (Å²) >= 11 is 0. The van der Waals surface area contributed by atoms with Gasteiger partial charge >= 0.3 is 5.97 Å². The predicted octanol–water partition coefficient (Wildman–Crippen LogP) is 2.07. The third-order valence-corrected chi connectivity index (χ3v) is 4.39. The van der Waals surface area contributed by atoms with Gasteiger partial charge in [0, 0.05) is 23.1 Å². The Morgan fingerprint density at radius 1 is 1.40 bits per heavy atom. The molecule has 1 heterocycles. The molecule has 2 aromatic rings. The second kappa shape index (κ2) is 4.10. The van der Waals surface area contributed by atoms with Crippen LogP contribution < -0.4 is 4.74 Å². The van der Waals surface area contributed by atoms with Crippen LogP contribution in [-0.2, 0) is 6.42 Å². The second-order valence-corrected chi connectivity index (χ2v) is 5.45. The van der Waals surface area contributed by atoms with Crippen molar-refractivity contribution in [3.63, 3.8) is 0 Å². The van der Waals surface area contributed by atoms with Crippen molar-refractivity contribution in [2.75, 3.05) is 6.61 Å². The molecule has 102 valence electrons. The summed E-state index contributed by atoms with van der Waals surface area (Å²) in [5, 5.41) is 15.9. The summed E-state index contributed by atoms with van der Waals surface area (Å²) in [6, 6.07) is 9.76. The first-order valence-corrected chi connectivity index (χ1v) is 6.74. The molecule has 2 aliphatic rings. The van der Waals surface area contributed by atoms with Gasteiger partial charge in [0.2, 0.25) is 0 Å². The van der Waals surface area contributed by atoms with Crippen LogP contribution in [0.5, 0.6) is 5.75 Å². The van der Waals surface area contributed by atoms with Crippen molar-refractivity contribution in [2.24, 2.45) is 11.8 Å². The normalized spacial score (nSPS) is 25.9. The Kier molecular flexibility index (Phi) is 2.36. The molecule has 1 aromatic heterocycles. The highest BCUT2D eigenvalue weighted by molar-refractivity contribution is 5.87. The van der Waals surface area contributed by atoms with Crippen molar-refractivity contribution in [1.82, 2.24) is 10.2 Å². The van der Waals surface area contributed by atoms with Gasteiger partial charge in [0.1, 0.15) is 5.75 Å². The van der Waals surface area contributed by atoms with Crippen LogP contribution in [0.1, 0.15) is 27.7 Å². The molecule has 0 unspecified atom stereocenters. The van der Waals surface area contributed by atoms with E-state index in [2.05, 4.69) is 10.2 Å². The topological polar surface area (TPSA) is 75.2 Å². The zero-order chi connectivity index (χ0) is 13.7.